The van der Waals surface area contributed by atoms with Crippen LogP contribution in [0.2, 0.25) is 0 Å². The van der Waals surface area contributed by atoms with Crippen molar-refractivity contribution in [1.82, 2.24) is 9.88 Å². The fraction of sp³-hybridized carbons (Fsp3) is 0.615. The minimum atomic E-state index is -0.293. The van der Waals surface area contributed by atoms with E-state index in [0.717, 1.165) is 24.4 Å². The molecule has 2 heterocycles. The fourth-order valence-corrected chi connectivity index (χ4v) is 2.19. The molecule has 4 heteroatoms. The van der Waals surface area contributed by atoms with Gasteiger partial charge in [0.05, 0.1) is 24.4 Å². The zero-order valence-electron chi connectivity index (χ0n) is 10.5. The van der Waals surface area contributed by atoms with E-state index in [9.17, 15) is 5.11 Å². The monoisotopic (exact) mass is 236 g/mol. The third kappa shape index (κ3) is 3.25. The Morgan fingerprint density at radius 1 is 1.53 bits per heavy atom. The van der Waals surface area contributed by atoms with Crippen LogP contribution in [0.25, 0.3) is 0 Å². The first kappa shape index (κ1) is 12.5. The van der Waals surface area contributed by atoms with Crippen LogP contribution in [0.5, 0.6) is 0 Å². The molecule has 2 atom stereocenters. The van der Waals surface area contributed by atoms with E-state index in [1.807, 2.05) is 32.2 Å². The van der Waals surface area contributed by atoms with E-state index in [1.54, 1.807) is 0 Å². The van der Waals surface area contributed by atoms with Crippen molar-refractivity contribution in [3.63, 3.8) is 0 Å². The van der Waals surface area contributed by atoms with Crippen LogP contribution in [0.15, 0.2) is 18.2 Å². The van der Waals surface area contributed by atoms with Crippen LogP contribution in [0.1, 0.15) is 17.8 Å². The van der Waals surface area contributed by atoms with Gasteiger partial charge in [-0.1, -0.05) is 6.07 Å². The molecule has 1 N–H and O–H groups in total. The topological polar surface area (TPSA) is 45.6 Å². The lowest BCUT2D eigenvalue weighted by Gasteiger charge is -2.34. The summed E-state index contributed by atoms with van der Waals surface area (Å²) in [6, 6.07) is 6.09. The van der Waals surface area contributed by atoms with Crippen LogP contribution < -0.4 is 0 Å². The van der Waals surface area contributed by atoms with E-state index in [2.05, 4.69) is 9.88 Å². The Morgan fingerprint density at radius 2 is 2.35 bits per heavy atom. The zero-order chi connectivity index (χ0) is 12.3. The van der Waals surface area contributed by atoms with E-state index in [-0.39, 0.29) is 12.1 Å². The molecule has 1 aromatic rings. The number of aliphatic hydroxyl groups is 1. The second kappa shape index (κ2) is 5.58. The molecule has 94 valence electrons. The molecular weight excluding hydrogens is 216 g/mol. The van der Waals surface area contributed by atoms with Crippen LogP contribution in [-0.2, 0) is 11.3 Å². The molecule has 0 amide bonds. The van der Waals surface area contributed by atoms with Gasteiger partial charge in [-0.2, -0.15) is 0 Å². The van der Waals surface area contributed by atoms with E-state index in [0.29, 0.717) is 13.2 Å². The predicted molar refractivity (Wildman–Crippen MR) is 65.7 cm³/mol. The number of ether oxygens (including phenoxy) is 1. The summed E-state index contributed by atoms with van der Waals surface area (Å²) in [5, 5.41) is 9.93. The van der Waals surface area contributed by atoms with Gasteiger partial charge >= 0.3 is 0 Å². The molecule has 17 heavy (non-hydrogen) atoms. The van der Waals surface area contributed by atoms with Crippen molar-refractivity contribution in [1.29, 1.82) is 0 Å². The summed E-state index contributed by atoms with van der Waals surface area (Å²) in [4.78, 5) is 6.59. The van der Waals surface area contributed by atoms with Crippen LogP contribution in [0, 0.1) is 6.92 Å². The summed E-state index contributed by atoms with van der Waals surface area (Å²) in [5.41, 5.74) is 2.06. The average Bonchev–Trinajstić information content (AvgIpc) is 2.29. The number of aromatic nitrogens is 1. The predicted octanol–water partition coefficient (Wildman–Crippen LogP) is 0.972. The first-order valence-corrected chi connectivity index (χ1v) is 6.05. The number of pyridine rings is 1. The minimum Gasteiger partial charge on any atom is -0.391 e. The third-order valence-corrected chi connectivity index (χ3v) is 3.21. The Labute approximate surface area is 102 Å². The van der Waals surface area contributed by atoms with E-state index < -0.39 is 0 Å². The molecule has 0 radical (unpaired) electrons. The maximum absolute atomic E-state index is 9.93. The fourth-order valence-electron chi connectivity index (χ4n) is 2.19. The number of aryl methyl sites for hydroxylation is 1. The number of rotatable bonds is 3. The standard InChI is InChI=1S/C13H20N2O2/c1-10-4-3-5-11(14-10)8-15(2)12-9-17-7-6-13(12)16/h3-5,12-13,16H,6-9H2,1-2H3. The van der Waals surface area contributed by atoms with Gasteiger partial charge in [-0.05, 0) is 32.5 Å². The molecule has 1 aromatic heterocycles. The maximum Gasteiger partial charge on any atom is 0.0739 e. The van der Waals surface area contributed by atoms with Gasteiger partial charge in [0.1, 0.15) is 0 Å². The third-order valence-electron chi connectivity index (χ3n) is 3.21. The summed E-state index contributed by atoms with van der Waals surface area (Å²) in [6.45, 7) is 3.99. The summed E-state index contributed by atoms with van der Waals surface area (Å²) in [6.07, 6.45) is 0.426. The van der Waals surface area contributed by atoms with Crippen molar-refractivity contribution in [2.45, 2.75) is 32.0 Å². The van der Waals surface area contributed by atoms with Gasteiger partial charge in [0.2, 0.25) is 0 Å². The Bertz CT molecular complexity index is 370. The minimum absolute atomic E-state index is 0.0751. The zero-order valence-corrected chi connectivity index (χ0v) is 10.5. The molecule has 0 spiro atoms. The quantitative estimate of drug-likeness (QED) is 0.849. The van der Waals surface area contributed by atoms with Crippen molar-refractivity contribution in [3.8, 4) is 0 Å². The molecule has 2 unspecified atom stereocenters. The lowest BCUT2D eigenvalue weighted by molar-refractivity contribution is -0.0565. The first-order chi connectivity index (χ1) is 8.16. The number of hydrogen-bond donors (Lipinski definition) is 1. The Kier molecular flexibility index (Phi) is 4.10. The first-order valence-electron chi connectivity index (χ1n) is 6.05. The van der Waals surface area contributed by atoms with E-state index >= 15 is 0 Å². The summed E-state index contributed by atoms with van der Waals surface area (Å²) >= 11 is 0. The van der Waals surface area contributed by atoms with Gasteiger partial charge in [-0.15, -0.1) is 0 Å². The molecule has 0 bridgehead atoms. The van der Waals surface area contributed by atoms with Crippen molar-refractivity contribution in [2.24, 2.45) is 0 Å². The normalized spacial score (nSPS) is 25.2. The van der Waals surface area contributed by atoms with Gasteiger partial charge in [0.15, 0.2) is 0 Å². The van der Waals surface area contributed by atoms with E-state index in [4.69, 9.17) is 4.74 Å². The molecular formula is C13H20N2O2. The molecule has 4 nitrogen and oxygen atoms in total. The molecule has 0 aromatic carbocycles. The molecule has 1 fully saturated rings. The molecule has 2 rings (SSSR count). The number of aliphatic hydroxyl groups excluding tert-OH is 1. The smallest absolute Gasteiger partial charge is 0.0739 e. The summed E-state index contributed by atoms with van der Waals surface area (Å²) < 4.78 is 5.41. The second-order valence-corrected chi connectivity index (χ2v) is 4.68. The SMILES string of the molecule is Cc1cccc(CN(C)C2COCCC2O)n1. The van der Waals surface area contributed by atoms with Crippen molar-refractivity contribution >= 4 is 0 Å². The van der Waals surface area contributed by atoms with Gasteiger partial charge in [-0.25, -0.2) is 0 Å². The average molecular weight is 236 g/mol. The molecule has 0 aliphatic carbocycles. The van der Waals surface area contributed by atoms with E-state index in [1.165, 1.54) is 0 Å². The van der Waals surface area contributed by atoms with Crippen LogP contribution in [0.4, 0.5) is 0 Å². The van der Waals surface area contributed by atoms with Crippen LogP contribution >= 0.6 is 0 Å². The maximum atomic E-state index is 9.93. The van der Waals surface area contributed by atoms with Gasteiger partial charge in [0, 0.05) is 18.8 Å². The molecule has 1 aliphatic rings. The number of likely N-dealkylation sites (N-methyl/N-ethyl adjacent to an activating group) is 1. The highest BCUT2D eigenvalue weighted by Crippen LogP contribution is 2.15. The van der Waals surface area contributed by atoms with Gasteiger partial charge < -0.3 is 9.84 Å². The van der Waals surface area contributed by atoms with Gasteiger partial charge in [-0.3, -0.25) is 9.88 Å². The highest BCUT2D eigenvalue weighted by Gasteiger charge is 2.27. The number of hydrogen-bond acceptors (Lipinski definition) is 4. The lowest BCUT2D eigenvalue weighted by Crippen LogP contribution is -2.47. The van der Waals surface area contributed by atoms with Crippen LogP contribution in [0.3, 0.4) is 0 Å². The largest absolute Gasteiger partial charge is 0.391 e. The Morgan fingerprint density at radius 3 is 3.06 bits per heavy atom. The van der Waals surface area contributed by atoms with Crippen molar-refractivity contribution < 1.29 is 9.84 Å². The second-order valence-electron chi connectivity index (χ2n) is 4.68. The molecule has 0 saturated carbocycles. The summed E-state index contributed by atoms with van der Waals surface area (Å²) in [5.74, 6) is 0. The highest BCUT2D eigenvalue weighted by molar-refractivity contribution is 5.10. The molecule has 1 saturated heterocycles. The summed E-state index contributed by atoms with van der Waals surface area (Å²) in [7, 11) is 2.01. The Balaban J connectivity index is 1.98. The van der Waals surface area contributed by atoms with Crippen molar-refractivity contribution in [3.05, 3.63) is 29.6 Å². The lowest BCUT2D eigenvalue weighted by atomic mass is 10.1. The van der Waals surface area contributed by atoms with Crippen molar-refractivity contribution in [2.75, 3.05) is 20.3 Å². The molecule has 1 aliphatic heterocycles. The Hall–Kier alpha value is -0.970. The highest BCUT2D eigenvalue weighted by atomic mass is 16.5. The number of nitrogens with zero attached hydrogens (tertiary/aromatic N) is 2. The van der Waals surface area contributed by atoms with Crippen LogP contribution in [-0.4, -0.2) is 47.4 Å². The van der Waals surface area contributed by atoms with Gasteiger partial charge in [0.25, 0.3) is 0 Å².